The molecule has 1 heterocycles. The number of carbonyl (C=O) groups excluding carboxylic acids is 2. The van der Waals surface area contributed by atoms with E-state index in [0.29, 0.717) is 12.2 Å². The first-order chi connectivity index (χ1) is 7.41. The van der Waals surface area contributed by atoms with Crippen molar-refractivity contribution < 1.29 is 14.3 Å². The number of hydrogen-bond donors (Lipinski definition) is 1. The Morgan fingerprint density at radius 3 is 2.81 bits per heavy atom. The number of primary amides is 1. The van der Waals surface area contributed by atoms with Gasteiger partial charge in [0.15, 0.2) is 0 Å². The van der Waals surface area contributed by atoms with E-state index in [1.165, 1.54) is 0 Å². The fraction of sp³-hybridized carbons (Fsp3) is 0.800. The van der Waals surface area contributed by atoms with E-state index in [0.717, 1.165) is 18.8 Å². The maximum atomic E-state index is 11.3. The molecule has 0 radical (unpaired) electrons. The molecule has 0 aromatic heterocycles. The summed E-state index contributed by atoms with van der Waals surface area (Å²) in [6, 6.07) is 0. The minimum absolute atomic E-state index is 0.193. The van der Waals surface area contributed by atoms with Crippen LogP contribution in [0.1, 0.15) is 26.7 Å². The van der Waals surface area contributed by atoms with Gasteiger partial charge in [0.25, 0.3) is 0 Å². The lowest BCUT2D eigenvalue weighted by Crippen LogP contribution is -2.33. The van der Waals surface area contributed by atoms with Crippen LogP contribution in [0.5, 0.6) is 0 Å². The van der Waals surface area contributed by atoms with Crippen molar-refractivity contribution in [1.29, 1.82) is 0 Å². The molecule has 1 aliphatic heterocycles. The number of carbonyl (C=O) groups is 2. The highest BCUT2D eigenvalue weighted by atomic mass is 32.2. The topological polar surface area (TPSA) is 72.6 Å². The molecule has 1 saturated heterocycles. The largest absolute Gasteiger partial charge is 0.444 e. The van der Waals surface area contributed by atoms with E-state index in [9.17, 15) is 9.59 Å². The number of amides is 2. The van der Waals surface area contributed by atoms with Crippen LogP contribution in [0.3, 0.4) is 0 Å². The third-order valence-corrected chi connectivity index (χ3v) is 3.35. The van der Waals surface area contributed by atoms with Crippen LogP contribution < -0.4 is 5.73 Å². The molecule has 1 fully saturated rings. The first kappa shape index (κ1) is 13.2. The van der Waals surface area contributed by atoms with Crippen LogP contribution in [0.15, 0.2) is 0 Å². The van der Waals surface area contributed by atoms with E-state index < -0.39 is 11.7 Å². The smallest absolute Gasteiger partial charge is 0.405 e. The lowest BCUT2D eigenvalue weighted by molar-refractivity contribution is -0.126. The van der Waals surface area contributed by atoms with Crippen LogP contribution in [0.4, 0.5) is 4.79 Å². The van der Waals surface area contributed by atoms with E-state index in [2.05, 4.69) is 0 Å². The van der Waals surface area contributed by atoms with Crippen molar-refractivity contribution in [2.45, 2.75) is 32.3 Å². The third-order valence-electron chi connectivity index (χ3n) is 2.41. The quantitative estimate of drug-likeness (QED) is 0.790. The maximum absolute atomic E-state index is 11.3. The zero-order valence-electron chi connectivity index (χ0n) is 9.69. The van der Waals surface area contributed by atoms with Crippen molar-refractivity contribution in [2.75, 3.05) is 18.2 Å². The summed E-state index contributed by atoms with van der Waals surface area (Å²) < 4.78 is 4.96. The highest BCUT2D eigenvalue weighted by Gasteiger charge is 2.24. The van der Waals surface area contributed by atoms with Crippen LogP contribution in [0, 0.1) is 0 Å². The van der Waals surface area contributed by atoms with Gasteiger partial charge in [-0.05, 0) is 26.7 Å². The summed E-state index contributed by atoms with van der Waals surface area (Å²) in [6.45, 7) is 4.36. The van der Waals surface area contributed by atoms with Crippen molar-refractivity contribution in [3.05, 3.63) is 0 Å². The van der Waals surface area contributed by atoms with Crippen molar-refractivity contribution in [3.63, 3.8) is 0 Å². The molecule has 0 aliphatic carbocycles. The van der Waals surface area contributed by atoms with Gasteiger partial charge in [-0.25, -0.2) is 4.79 Å². The molecule has 1 aliphatic rings. The summed E-state index contributed by atoms with van der Waals surface area (Å²) >= 11 is 1.63. The Balaban J connectivity index is 2.23. The standard InChI is InChI=1S/C10H18N2O3S/c1-10(2,15-9(11)14)4-3-5-12-7-16-6-8(12)13/h3-7H2,1-2H3,(H2,11,14). The molecule has 0 saturated carbocycles. The second-order valence-electron chi connectivity index (χ2n) is 4.42. The minimum atomic E-state index is -0.752. The molecule has 0 aromatic rings. The number of nitrogens with two attached hydrogens (primary N) is 1. The Morgan fingerprint density at radius 2 is 2.31 bits per heavy atom. The number of hydrogen-bond acceptors (Lipinski definition) is 4. The SMILES string of the molecule is CC(C)(CCCN1CSCC1=O)OC(N)=O. The Labute approximate surface area is 99.7 Å². The van der Waals surface area contributed by atoms with Crippen LogP contribution in [-0.4, -0.2) is 40.7 Å². The van der Waals surface area contributed by atoms with Gasteiger partial charge in [0, 0.05) is 6.54 Å². The highest BCUT2D eigenvalue weighted by molar-refractivity contribution is 8.00. The summed E-state index contributed by atoms with van der Waals surface area (Å²) in [5.41, 5.74) is 4.41. The predicted molar refractivity (Wildman–Crippen MR) is 63.0 cm³/mol. The normalized spacial score (nSPS) is 16.6. The van der Waals surface area contributed by atoms with Crippen molar-refractivity contribution in [2.24, 2.45) is 5.73 Å². The summed E-state index contributed by atoms with van der Waals surface area (Å²) in [5.74, 6) is 1.55. The molecule has 2 N–H and O–H groups in total. The second kappa shape index (κ2) is 5.43. The van der Waals surface area contributed by atoms with E-state index in [1.54, 1.807) is 11.8 Å². The molecule has 2 amide bonds. The highest BCUT2D eigenvalue weighted by Crippen LogP contribution is 2.19. The van der Waals surface area contributed by atoms with E-state index in [4.69, 9.17) is 10.5 Å². The van der Waals surface area contributed by atoms with Crippen molar-refractivity contribution in [1.82, 2.24) is 4.90 Å². The molecule has 0 unspecified atom stereocenters. The van der Waals surface area contributed by atoms with Crippen molar-refractivity contribution in [3.8, 4) is 0 Å². The number of nitrogens with zero attached hydrogens (tertiary/aromatic N) is 1. The molecular formula is C10H18N2O3S. The van der Waals surface area contributed by atoms with Gasteiger partial charge in [0.05, 0.1) is 11.6 Å². The Kier molecular flexibility index (Phi) is 4.46. The van der Waals surface area contributed by atoms with Gasteiger partial charge < -0.3 is 15.4 Å². The average molecular weight is 246 g/mol. The van der Waals surface area contributed by atoms with Gasteiger partial charge in [-0.2, -0.15) is 0 Å². The second-order valence-corrected chi connectivity index (χ2v) is 5.37. The molecule has 0 aromatic carbocycles. The number of ether oxygens (including phenoxy) is 1. The van der Waals surface area contributed by atoms with Gasteiger partial charge in [-0.15, -0.1) is 11.8 Å². The summed E-state index contributed by atoms with van der Waals surface area (Å²) in [5, 5.41) is 0. The molecule has 5 nitrogen and oxygen atoms in total. The van der Waals surface area contributed by atoms with Gasteiger partial charge in [-0.1, -0.05) is 0 Å². The summed E-state index contributed by atoms with van der Waals surface area (Å²) in [4.78, 5) is 23.8. The van der Waals surface area contributed by atoms with Crippen LogP contribution in [-0.2, 0) is 9.53 Å². The van der Waals surface area contributed by atoms with Crippen LogP contribution >= 0.6 is 11.8 Å². The first-order valence-corrected chi connectivity index (χ1v) is 6.40. The fourth-order valence-electron chi connectivity index (χ4n) is 1.61. The molecule has 6 heteroatoms. The Morgan fingerprint density at radius 1 is 1.62 bits per heavy atom. The van der Waals surface area contributed by atoms with Crippen LogP contribution in [0.2, 0.25) is 0 Å². The van der Waals surface area contributed by atoms with Crippen molar-refractivity contribution >= 4 is 23.8 Å². The zero-order chi connectivity index (χ0) is 12.2. The Hall–Kier alpha value is -0.910. The number of rotatable bonds is 5. The lowest BCUT2D eigenvalue weighted by Gasteiger charge is -2.25. The van der Waals surface area contributed by atoms with E-state index in [-0.39, 0.29) is 5.91 Å². The molecule has 16 heavy (non-hydrogen) atoms. The maximum Gasteiger partial charge on any atom is 0.405 e. The summed E-state index contributed by atoms with van der Waals surface area (Å²) in [6.07, 6.45) is 0.759. The molecule has 0 atom stereocenters. The molecule has 0 bridgehead atoms. The molecule has 0 spiro atoms. The monoisotopic (exact) mass is 246 g/mol. The van der Waals surface area contributed by atoms with Gasteiger partial charge in [0.2, 0.25) is 5.91 Å². The zero-order valence-corrected chi connectivity index (χ0v) is 10.5. The van der Waals surface area contributed by atoms with Gasteiger partial charge in [0.1, 0.15) is 5.60 Å². The predicted octanol–water partition coefficient (Wildman–Crippen LogP) is 1.17. The number of thioether (sulfide) groups is 1. The van der Waals surface area contributed by atoms with E-state index in [1.807, 2.05) is 18.7 Å². The lowest BCUT2D eigenvalue weighted by atomic mass is 10.0. The first-order valence-electron chi connectivity index (χ1n) is 5.25. The summed E-state index contributed by atoms with van der Waals surface area (Å²) in [7, 11) is 0. The van der Waals surface area contributed by atoms with Gasteiger partial charge >= 0.3 is 6.09 Å². The molecule has 1 rings (SSSR count). The fourth-order valence-corrected chi connectivity index (χ4v) is 2.56. The molecule has 92 valence electrons. The van der Waals surface area contributed by atoms with Crippen LogP contribution in [0.25, 0.3) is 0 Å². The Bertz CT molecular complexity index is 281. The van der Waals surface area contributed by atoms with E-state index >= 15 is 0 Å². The minimum Gasteiger partial charge on any atom is -0.444 e. The molecular weight excluding hydrogens is 228 g/mol. The average Bonchev–Trinajstić information content (AvgIpc) is 2.49. The third kappa shape index (κ3) is 4.30. The van der Waals surface area contributed by atoms with Gasteiger partial charge in [-0.3, -0.25) is 4.79 Å².